The molecule has 0 saturated carbocycles. The van der Waals surface area contributed by atoms with Crippen molar-refractivity contribution in [2.45, 2.75) is 32.7 Å². The zero-order valence-corrected chi connectivity index (χ0v) is 12.2. The van der Waals surface area contributed by atoms with E-state index < -0.39 is 0 Å². The highest BCUT2D eigenvalue weighted by Crippen LogP contribution is 2.17. The number of nitrogens with one attached hydrogen (secondary N) is 3. The summed E-state index contributed by atoms with van der Waals surface area (Å²) in [6.45, 7) is 9.63. The number of hydrogen-bond donors (Lipinski definition) is 3. The molecule has 1 heterocycles. The highest BCUT2D eigenvalue weighted by molar-refractivity contribution is 5.83. The first-order chi connectivity index (χ1) is 9.06. The number of aromatic amines is 1. The average Bonchev–Trinajstić information content (AvgIpc) is 2.76. The lowest BCUT2D eigenvalue weighted by Gasteiger charge is -2.20. The van der Waals surface area contributed by atoms with Gasteiger partial charge in [-0.2, -0.15) is 0 Å². The van der Waals surface area contributed by atoms with Crippen molar-refractivity contribution in [2.75, 3.05) is 19.6 Å². The summed E-state index contributed by atoms with van der Waals surface area (Å²) in [6.07, 6.45) is 3.19. The molecule has 19 heavy (non-hydrogen) atoms. The fourth-order valence-corrected chi connectivity index (χ4v) is 2.21. The second-order valence-electron chi connectivity index (χ2n) is 6.04. The Morgan fingerprint density at radius 2 is 1.84 bits per heavy atom. The van der Waals surface area contributed by atoms with E-state index in [1.807, 2.05) is 0 Å². The quantitative estimate of drug-likeness (QED) is 0.698. The van der Waals surface area contributed by atoms with E-state index >= 15 is 0 Å². The molecule has 0 spiro atoms. The molecule has 0 atom stereocenters. The molecule has 3 heteroatoms. The van der Waals surface area contributed by atoms with Crippen LogP contribution in [0.5, 0.6) is 0 Å². The van der Waals surface area contributed by atoms with Gasteiger partial charge in [0.25, 0.3) is 0 Å². The summed E-state index contributed by atoms with van der Waals surface area (Å²) in [5.41, 5.74) is 2.83. The normalized spacial score (nSPS) is 12.2. The van der Waals surface area contributed by atoms with Crippen molar-refractivity contribution in [3.63, 3.8) is 0 Å². The Kier molecular flexibility index (Phi) is 4.61. The molecule has 0 amide bonds. The number of fused-ring (bicyclic) bond motifs is 1. The molecule has 104 valence electrons. The van der Waals surface area contributed by atoms with Gasteiger partial charge >= 0.3 is 0 Å². The molecule has 0 fully saturated rings. The van der Waals surface area contributed by atoms with E-state index in [0.29, 0.717) is 0 Å². The molecule has 0 aliphatic carbocycles. The van der Waals surface area contributed by atoms with Crippen molar-refractivity contribution in [2.24, 2.45) is 0 Å². The summed E-state index contributed by atoms with van der Waals surface area (Å²) in [5.74, 6) is 0. The highest BCUT2D eigenvalue weighted by Gasteiger charge is 2.07. The van der Waals surface area contributed by atoms with Crippen LogP contribution in [0.3, 0.4) is 0 Å². The first kappa shape index (κ1) is 14.1. The van der Waals surface area contributed by atoms with Gasteiger partial charge in [-0.1, -0.05) is 18.2 Å². The van der Waals surface area contributed by atoms with Crippen LogP contribution in [-0.4, -0.2) is 30.2 Å². The molecule has 3 N–H and O–H groups in total. The molecule has 1 aromatic carbocycles. The maximum atomic E-state index is 3.48. The fraction of sp³-hybridized carbons (Fsp3) is 0.500. The van der Waals surface area contributed by atoms with E-state index in [1.54, 1.807) is 0 Å². The summed E-state index contributed by atoms with van der Waals surface area (Å²) in [5, 5.41) is 8.31. The zero-order valence-electron chi connectivity index (χ0n) is 12.2. The summed E-state index contributed by atoms with van der Waals surface area (Å²) < 4.78 is 0. The molecule has 0 saturated heterocycles. The van der Waals surface area contributed by atoms with Gasteiger partial charge in [0.05, 0.1) is 0 Å². The Morgan fingerprint density at radius 1 is 1.05 bits per heavy atom. The molecule has 0 unspecified atom stereocenters. The third kappa shape index (κ3) is 4.37. The van der Waals surface area contributed by atoms with Gasteiger partial charge in [0.1, 0.15) is 0 Å². The zero-order chi connectivity index (χ0) is 13.7. The van der Waals surface area contributed by atoms with Crippen LogP contribution in [0.2, 0.25) is 0 Å². The second-order valence-corrected chi connectivity index (χ2v) is 6.04. The van der Waals surface area contributed by atoms with Gasteiger partial charge in [0.2, 0.25) is 0 Å². The van der Waals surface area contributed by atoms with Crippen LogP contribution in [-0.2, 0) is 6.42 Å². The molecule has 3 nitrogen and oxygen atoms in total. The summed E-state index contributed by atoms with van der Waals surface area (Å²) in [6, 6.07) is 8.47. The monoisotopic (exact) mass is 259 g/mol. The third-order valence-electron chi connectivity index (χ3n) is 3.20. The molecule has 2 aromatic rings. The lowest BCUT2D eigenvalue weighted by atomic mass is 10.1. The minimum atomic E-state index is 0.207. The smallest absolute Gasteiger partial charge is 0.0456 e. The van der Waals surface area contributed by atoms with Crippen LogP contribution in [0.4, 0.5) is 0 Å². The lowest BCUT2D eigenvalue weighted by Crippen LogP contribution is -2.40. The van der Waals surface area contributed by atoms with Crippen LogP contribution in [0.25, 0.3) is 10.9 Å². The third-order valence-corrected chi connectivity index (χ3v) is 3.20. The first-order valence-electron chi connectivity index (χ1n) is 7.07. The molecular formula is C16H25N3. The standard InChI is InChI=1S/C16H25N3/c1-16(2,3)19-11-10-17-9-8-13-12-18-15-7-5-4-6-14(13)15/h4-7,12,17-19H,8-11H2,1-3H3. The van der Waals surface area contributed by atoms with Crippen molar-refractivity contribution in [1.82, 2.24) is 15.6 Å². The predicted molar refractivity (Wildman–Crippen MR) is 82.6 cm³/mol. The van der Waals surface area contributed by atoms with Crippen molar-refractivity contribution in [3.05, 3.63) is 36.0 Å². The summed E-state index contributed by atoms with van der Waals surface area (Å²) in [4.78, 5) is 3.32. The first-order valence-corrected chi connectivity index (χ1v) is 7.07. The lowest BCUT2D eigenvalue weighted by molar-refractivity contribution is 0.422. The van der Waals surface area contributed by atoms with Crippen molar-refractivity contribution in [3.8, 4) is 0 Å². The van der Waals surface area contributed by atoms with Gasteiger partial charge in [-0.3, -0.25) is 0 Å². The maximum Gasteiger partial charge on any atom is 0.0456 e. The van der Waals surface area contributed by atoms with Gasteiger partial charge < -0.3 is 15.6 Å². The number of para-hydroxylation sites is 1. The van der Waals surface area contributed by atoms with Crippen molar-refractivity contribution >= 4 is 10.9 Å². The van der Waals surface area contributed by atoms with Gasteiger partial charge in [0, 0.05) is 35.7 Å². The minimum Gasteiger partial charge on any atom is -0.361 e. The van der Waals surface area contributed by atoms with Crippen LogP contribution in [0.1, 0.15) is 26.3 Å². The minimum absolute atomic E-state index is 0.207. The summed E-state index contributed by atoms with van der Waals surface area (Å²) >= 11 is 0. The van der Waals surface area contributed by atoms with Gasteiger partial charge in [-0.15, -0.1) is 0 Å². The van der Waals surface area contributed by atoms with Crippen LogP contribution in [0, 0.1) is 0 Å². The van der Waals surface area contributed by atoms with Gasteiger partial charge in [-0.05, 0) is 45.4 Å². The van der Waals surface area contributed by atoms with Gasteiger partial charge in [-0.25, -0.2) is 0 Å². The highest BCUT2D eigenvalue weighted by atomic mass is 15.0. The number of hydrogen-bond acceptors (Lipinski definition) is 2. The molecule has 2 rings (SSSR count). The predicted octanol–water partition coefficient (Wildman–Crippen LogP) is 2.69. The molecule has 1 aromatic heterocycles. The van der Waals surface area contributed by atoms with Crippen molar-refractivity contribution in [1.29, 1.82) is 0 Å². The van der Waals surface area contributed by atoms with E-state index in [2.05, 4.69) is 66.9 Å². The number of rotatable bonds is 6. The van der Waals surface area contributed by atoms with E-state index in [1.165, 1.54) is 16.5 Å². The van der Waals surface area contributed by atoms with E-state index in [0.717, 1.165) is 26.1 Å². The van der Waals surface area contributed by atoms with Crippen LogP contribution >= 0.6 is 0 Å². The Bertz CT molecular complexity index is 508. The van der Waals surface area contributed by atoms with Gasteiger partial charge in [0.15, 0.2) is 0 Å². The number of benzene rings is 1. The Morgan fingerprint density at radius 3 is 2.63 bits per heavy atom. The molecular weight excluding hydrogens is 234 g/mol. The molecule has 0 radical (unpaired) electrons. The Balaban J connectivity index is 1.71. The maximum absolute atomic E-state index is 3.48. The van der Waals surface area contributed by atoms with Crippen LogP contribution in [0.15, 0.2) is 30.5 Å². The van der Waals surface area contributed by atoms with E-state index in [4.69, 9.17) is 0 Å². The second kappa shape index (κ2) is 6.22. The number of aromatic nitrogens is 1. The van der Waals surface area contributed by atoms with Crippen LogP contribution < -0.4 is 10.6 Å². The van der Waals surface area contributed by atoms with E-state index in [9.17, 15) is 0 Å². The topological polar surface area (TPSA) is 39.8 Å². The number of H-pyrrole nitrogens is 1. The SMILES string of the molecule is CC(C)(C)NCCNCCc1c[nH]c2ccccc12. The summed E-state index contributed by atoms with van der Waals surface area (Å²) in [7, 11) is 0. The Labute approximate surface area is 115 Å². The van der Waals surface area contributed by atoms with Crippen molar-refractivity contribution < 1.29 is 0 Å². The van der Waals surface area contributed by atoms with E-state index in [-0.39, 0.29) is 5.54 Å². The molecule has 0 bridgehead atoms. The molecule has 0 aliphatic heterocycles. The molecule has 0 aliphatic rings. The largest absolute Gasteiger partial charge is 0.361 e. The fourth-order valence-electron chi connectivity index (χ4n) is 2.21. The average molecular weight is 259 g/mol. The Hall–Kier alpha value is -1.32.